The van der Waals surface area contributed by atoms with Gasteiger partial charge in [-0.05, 0) is 47.5 Å². The van der Waals surface area contributed by atoms with Crippen LogP contribution in [0.2, 0.25) is 0 Å². The number of carbonyl (C=O) groups is 2. The number of nitrogens with zero attached hydrogens (tertiary/aromatic N) is 1. The lowest BCUT2D eigenvalue weighted by molar-refractivity contribution is -0.120. The number of amides is 2. The first-order chi connectivity index (χ1) is 14.6. The lowest BCUT2D eigenvalue weighted by Crippen LogP contribution is -2.39. The van der Waals surface area contributed by atoms with Gasteiger partial charge < -0.3 is 15.6 Å². The molecule has 0 saturated carbocycles. The quantitative estimate of drug-likeness (QED) is 0.462. The van der Waals surface area contributed by atoms with E-state index in [0.717, 1.165) is 22.2 Å². The van der Waals surface area contributed by atoms with Crippen LogP contribution in [0.4, 0.5) is 4.39 Å². The minimum Gasteiger partial charge on any atom is -0.345 e. The summed E-state index contributed by atoms with van der Waals surface area (Å²) in [5.41, 5.74) is 3.79. The monoisotopic (exact) mass is 402 g/mol. The average molecular weight is 402 g/mol. The molecule has 0 spiro atoms. The van der Waals surface area contributed by atoms with Crippen LogP contribution in [0.15, 0.2) is 79.1 Å². The number of halogens is 1. The van der Waals surface area contributed by atoms with Crippen molar-refractivity contribution in [1.82, 2.24) is 20.6 Å². The van der Waals surface area contributed by atoms with E-state index in [0.29, 0.717) is 0 Å². The number of aromatic nitrogens is 2. The van der Waals surface area contributed by atoms with Gasteiger partial charge in [0.25, 0.3) is 5.91 Å². The Morgan fingerprint density at radius 2 is 1.73 bits per heavy atom. The molecule has 0 bridgehead atoms. The number of hydrogen-bond acceptors (Lipinski definition) is 3. The average Bonchev–Trinajstić information content (AvgIpc) is 3.25. The summed E-state index contributed by atoms with van der Waals surface area (Å²) in [6, 6.07) is 20.1. The summed E-state index contributed by atoms with van der Waals surface area (Å²) in [5.74, 6) is -1.21. The van der Waals surface area contributed by atoms with Crippen LogP contribution in [-0.4, -0.2) is 28.3 Å². The van der Waals surface area contributed by atoms with Gasteiger partial charge in [0.15, 0.2) is 0 Å². The van der Waals surface area contributed by atoms with E-state index in [9.17, 15) is 14.0 Å². The maximum Gasteiger partial charge on any atom is 0.251 e. The molecule has 0 saturated heterocycles. The fraction of sp³-hybridized carbons (Fsp3) is 0.0870. The molecule has 0 aliphatic heterocycles. The molecule has 150 valence electrons. The van der Waals surface area contributed by atoms with Gasteiger partial charge in [-0.25, -0.2) is 9.37 Å². The highest BCUT2D eigenvalue weighted by Crippen LogP contribution is 2.24. The van der Waals surface area contributed by atoms with E-state index in [1.807, 2.05) is 48.5 Å². The molecule has 7 heteroatoms. The van der Waals surface area contributed by atoms with E-state index in [4.69, 9.17) is 0 Å². The van der Waals surface area contributed by atoms with E-state index in [1.165, 1.54) is 24.3 Å². The van der Waals surface area contributed by atoms with Crippen LogP contribution < -0.4 is 10.6 Å². The Morgan fingerprint density at radius 1 is 0.967 bits per heavy atom. The summed E-state index contributed by atoms with van der Waals surface area (Å²) < 4.78 is 13.0. The zero-order valence-electron chi connectivity index (χ0n) is 15.9. The van der Waals surface area contributed by atoms with E-state index in [1.54, 1.807) is 6.33 Å². The largest absolute Gasteiger partial charge is 0.345 e. The number of nitrogens with one attached hydrogen (secondary N) is 3. The molecule has 2 amide bonds. The zero-order valence-corrected chi connectivity index (χ0v) is 15.9. The van der Waals surface area contributed by atoms with E-state index in [-0.39, 0.29) is 18.0 Å². The maximum atomic E-state index is 13.0. The smallest absolute Gasteiger partial charge is 0.251 e. The summed E-state index contributed by atoms with van der Waals surface area (Å²) >= 11 is 0. The number of imidazole rings is 1. The summed E-state index contributed by atoms with van der Waals surface area (Å²) in [7, 11) is 0. The van der Waals surface area contributed by atoms with Crippen molar-refractivity contribution in [1.29, 1.82) is 0 Å². The molecule has 30 heavy (non-hydrogen) atoms. The Bertz CT molecular complexity index is 1170. The highest BCUT2D eigenvalue weighted by molar-refractivity contribution is 5.96. The van der Waals surface area contributed by atoms with Gasteiger partial charge in [-0.3, -0.25) is 9.59 Å². The number of hydrogen-bond donors (Lipinski definition) is 3. The van der Waals surface area contributed by atoms with Crippen molar-refractivity contribution in [3.63, 3.8) is 0 Å². The van der Waals surface area contributed by atoms with Crippen LogP contribution in [0.1, 0.15) is 27.5 Å². The molecule has 0 aliphatic rings. The van der Waals surface area contributed by atoms with Crippen LogP contribution in [0.3, 0.4) is 0 Å². The second-order valence-corrected chi connectivity index (χ2v) is 6.78. The Kier molecular flexibility index (Phi) is 5.52. The van der Waals surface area contributed by atoms with Gasteiger partial charge in [0.2, 0.25) is 5.91 Å². The molecule has 1 unspecified atom stereocenters. The fourth-order valence-electron chi connectivity index (χ4n) is 3.21. The number of rotatable bonds is 6. The number of benzene rings is 3. The predicted molar refractivity (Wildman–Crippen MR) is 111 cm³/mol. The lowest BCUT2D eigenvalue weighted by Gasteiger charge is -2.20. The standard InChI is InChI=1S/C23H19FN4O2/c24-18-9-6-16(7-10-18)23(30)25-13-21(29)28-22(15-4-2-1-3-5-15)17-8-11-19-20(12-17)27-14-26-19/h1-12,14,22H,13H2,(H,25,30)(H,26,27)(H,28,29). The topological polar surface area (TPSA) is 86.9 Å². The predicted octanol–water partition coefficient (Wildman–Crippen LogP) is 3.34. The highest BCUT2D eigenvalue weighted by atomic mass is 19.1. The SMILES string of the molecule is O=C(CNC(=O)c1ccc(F)cc1)NC(c1ccccc1)c1ccc2nc[nH]c2c1. The molecule has 1 heterocycles. The molecule has 4 aromatic rings. The Balaban J connectivity index is 1.49. The second-order valence-electron chi connectivity index (χ2n) is 6.78. The van der Waals surface area contributed by atoms with E-state index < -0.39 is 17.8 Å². The first-order valence-electron chi connectivity index (χ1n) is 9.41. The number of fused-ring (bicyclic) bond motifs is 1. The third kappa shape index (κ3) is 4.35. The van der Waals surface area contributed by atoms with E-state index >= 15 is 0 Å². The molecule has 1 atom stereocenters. The molecule has 4 rings (SSSR count). The third-order valence-electron chi connectivity index (χ3n) is 4.73. The van der Waals surface area contributed by atoms with Gasteiger partial charge in [0.05, 0.1) is 29.9 Å². The summed E-state index contributed by atoms with van der Waals surface area (Å²) in [6.45, 7) is -0.203. The molecule has 0 aliphatic carbocycles. The summed E-state index contributed by atoms with van der Waals surface area (Å²) in [6.07, 6.45) is 1.62. The molecule has 6 nitrogen and oxygen atoms in total. The first kappa shape index (κ1) is 19.3. The van der Waals surface area contributed by atoms with Crippen LogP contribution in [0, 0.1) is 5.82 Å². The van der Waals surface area contributed by atoms with Crippen LogP contribution >= 0.6 is 0 Å². The van der Waals surface area contributed by atoms with Crippen molar-refractivity contribution >= 4 is 22.8 Å². The Labute approximate surface area is 172 Å². The lowest BCUT2D eigenvalue weighted by atomic mass is 9.98. The number of H-pyrrole nitrogens is 1. The van der Waals surface area contributed by atoms with Crippen molar-refractivity contribution in [3.05, 3.63) is 102 Å². The van der Waals surface area contributed by atoms with Crippen LogP contribution in [0.5, 0.6) is 0 Å². The third-order valence-corrected chi connectivity index (χ3v) is 4.73. The molecule has 1 aromatic heterocycles. The van der Waals surface area contributed by atoms with Crippen LogP contribution in [0.25, 0.3) is 11.0 Å². The van der Waals surface area contributed by atoms with Crippen molar-refractivity contribution in [2.75, 3.05) is 6.54 Å². The van der Waals surface area contributed by atoms with Gasteiger partial charge in [0.1, 0.15) is 5.82 Å². The molecule has 3 N–H and O–H groups in total. The normalized spacial score (nSPS) is 11.8. The first-order valence-corrected chi connectivity index (χ1v) is 9.41. The van der Waals surface area contributed by atoms with Gasteiger partial charge in [-0.15, -0.1) is 0 Å². The highest BCUT2D eigenvalue weighted by Gasteiger charge is 2.18. The summed E-state index contributed by atoms with van der Waals surface area (Å²) in [4.78, 5) is 32.1. The number of aromatic amines is 1. The fourth-order valence-corrected chi connectivity index (χ4v) is 3.21. The minimum absolute atomic E-state index is 0.203. The molecular formula is C23H19FN4O2. The van der Waals surface area contributed by atoms with Gasteiger partial charge in [0, 0.05) is 5.56 Å². The van der Waals surface area contributed by atoms with Gasteiger partial charge >= 0.3 is 0 Å². The second kappa shape index (κ2) is 8.57. The van der Waals surface area contributed by atoms with Crippen molar-refractivity contribution in [3.8, 4) is 0 Å². The minimum atomic E-state index is -0.444. The van der Waals surface area contributed by atoms with Crippen molar-refractivity contribution in [2.24, 2.45) is 0 Å². The van der Waals surface area contributed by atoms with Crippen molar-refractivity contribution in [2.45, 2.75) is 6.04 Å². The molecule has 0 radical (unpaired) electrons. The summed E-state index contributed by atoms with van der Waals surface area (Å²) in [5, 5.41) is 5.54. The van der Waals surface area contributed by atoms with Crippen molar-refractivity contribution < 1.29 is 14.0 Å². The zero-order chi connectivity index (χ0) is 20.9. The molecule has 3 aromatic carbocycles. The maximum absolute atomic E-state index is 13.0. The number of carbonyl (C=O) groups excluding carboxylic acids is 2. The Hall–Kier alpha value is -4.00. The van der Waals surface area contributed by atoms with Crippen LogP contribution in [-0.2, 0) is 4.79 Å². The van der Waals surface area contributed by atoms with Gasteiger partial charge in [-0.1, -0.05) is 36.4 Å². The Morgan fingerprint density at radius 3 is 2.50 bits per heavy atom. The molecular weight excluding hydrogens is 383 g/mol. The van der Waals surface area contributed by atoms with E-state index in [2.05, 4.69) is 20.6 Å². The van der Waals surface area contributed by atoms with Gasteiger partial charge in [-0.2, -0.15) is 0 Å². The molecule has 0 fully saturated rings.